The number of hydrogen-bond donors (Lipinski definition) is 1. The Balaban J connectivity index is 1.28. The Bertz CT molecular complexity index is 1680. The van der Waals surface area contributed by atoms with Crippen molar-refractivity contribution in [2.24, 2.45) is 0 Å². The first-order chi connectivity index (χ1) is 21.9. The van der Waals surface area contributed by atoms with E-state index < -0.39 is 12.1 Å². The summed E-state index contributed by atoms with van der Waals surface area (Å²) in [5, 5.41) is 9.12. The summed E-state index contributed by atoms with van der Waals surface area (Å²) in [4.78, 5) is 13.4. The van der Waals surface area contributed by atoms with Crippen molar-refractivity contribution in [3.63, 3.8) is 0 Å². The van der Waals surface area contributed by atoms with Gasteiger partial charge in [-0.25, -0.2) is 9.18 Å². The maximum absolute atomic E-state index is 13.7. The first-order valence-electron chi connectivity index (χ1n) is 14.9. The summed E-state index contributed by atoms with van der Waals surface area (Å²) < 4.78 is 30.7. The lowest BCUT2D eigenvalue weighted by atomic mass is 9.95. The van der Waals surface area contributed by atoms with Crippen LogP contribution in [0.25, 0.3) is 16.7 Å². The van der Waals surface area contributed by atoms with Gasteiger partial charge in [-0.05, 0) is 95.8 Å². The van der Waals surface area contributed by atoms with Crippen LogP contribution in [0.4, 0.5) is 4.39 Å². The number of carboxylic acids is 1. The molecule has 4 aromatic carbocycles. The highest BCUT2D eigenvalue weighted by Gasteiger charge is 2.14. The fraction of sp³-hybridized carbons (Fsp3) is 0.237. The topological polar surface area (TPSA) is 68.2 Å². The molecule has 1 heterocycles. The van der Waals surface area contributed by atoms with Gasteiger partial charge in [-0.1, -0.05) is 60.4 Å². The van der Waals surface area contributed by atoms with E-state index in [4.69, 9.17) is 19.3 Å². The zero-order valence-electron chi connectivity index (χ0n) is 25.5. The van der Waals surface area contributed by atoms with Gasteiger partial charge in [0, 0.05) is 18.7 Å². The number of nitrogens with zero attached hydrogens (tertiary/aromatic N) is 1. The van der Waals surface area contributed by atoms with E-state index in [1.807, 2.05) is 31.2 Å². The SMILES string of the molecule is Cc1cc(OC/C=C(/c2ccc(F)cc2)c2ccc(-c3ccc(C#CCN4CCOCC4)cc3)cc2)ccc1OC(C)C(=O)O. The molecule has 1 unspecified atom stereocenters. The summed E-state index contributed by atoms with van der Waals surface area (Å²) >= 11 is 0. The largest absolute Gasteiger partial charge is 0.489 e. The van der Waals surface area contributed by atoms with Crippen molar-refractivity contribution in [3.05, 3.63) is 125 Å². The number of hydrogen-bond acceptors (Lipinski definition) is 5. The quantitative estimate of drug-likeness (QED) is 0.200. The van der Waals surface area contributed by atoms with Gasteiger partial charge in [-0.15, -0.1) is 0 Å². The van der Waals surface area contributed by atoms with Gasteiger partial charge in [0.1, 0.15) is 23.9 Å². The predicted molar refractivity (Wildman–Crippen MR) is 174 cm³/mol. The summed E-state index contributed by atoms with van der Waals surface area (Å²) in [7, 11) is 0. The normalized spacial score (nSPS) is 14.2. The van der Waals surface area contributed by atoms with Crippen LogP contribution in [0.5, 0.6) is 11.5 Å². The van der Waals surface area contributed by atoms with E-state index in [9.17, 15) is 9.18 Å². The monoisotopic (exact) mass is 605 g/mol. The third-order valence-electron chi connectivity index (χ3n) is 7.54. The molecule has 1 atom stereocenters. The second-order valence-corrected chi connectivity index (χ2v) is 10.8. The van der Waals surface area contributed by atoms with E-state index in [0.29, 0.717) is 11.5 Å². The van der Waals surface area contributed by atoms with Crippen molar-refractivity contribution in [2.45, 2.75) is 20.0 Å². The number of carbonyl (C=O) groups is 1. The maximum atomic E-state index is 13.7. The molecular weight excluding hydrogens is 569 g/mol. The van der Waals surface area contributed by atoms with Crippen molar-refractivity contribution < 1.29 is 28.5 Å². The molecule has 0 bridgehead atoms. The molecule has 0 radical (unpaired) electrons. The summed E-state index contributed by atoms with van der Waals surface area (Å²) in [5.41, 5.74) is 6.69. The Kier molecular flexibility index (Phi) is 10.7. The molecule has 1 aliphatic rings. The maximum Gasteiger partial charge on any atom is 0.344 e. The number of ether oxygens (including phenoxy) is 3. The van der Waals surface area contributed by atoms with Crippen LogP contribution < -0.4 is 9.47 Å². The lowest BCUT2D eigenvalue weighted by molar-refractivity contribution is -0.144. The molecule has 7 heteroatoms. The van der Waals surface area contributed by atoms with E-state index >= 15 is 0 Å². The Morgan fingerprint density at radius 3 is 2.20 bits per heavy atom. The summed E-state index contributed by atoms with van der Waals surface area (Å²) in [6.07, 6.45) is 1.02. The third kappa shape index (κ3) is 8.82. The molecule has 45 heavy (non-hydrogen) atoms. The minimum atomic E-state index is -1.03. The molecule has 1 fully saturated rings. The molecule has 1 aliphatic heterocycles. The number of aliphatic carboxylic acids is 1. The van der Waals surface area contributed by atoms with Crippen molar-refractivity contribution in [2.75, 3.05) is 39.5 Å². The molecule has 0 aromatic heterocycles. The highest BCUT2D eigenvalue weighted by Crippen LogP contribution is 2.28. The van der Waals surface area contributed by atoms with Gasteiger partial charge < -0.3 is 19.3 Å². The molecule has 1 saturated heterocycles. The van der Waals surface area contributed by atoms with Gasteiger partial charge in [0.25, 0.3) is 0 Å². The lowest BCUT2D eigenvalue weighted by Gasteiger charge is -2.24. The van der Waals surface area contributed by atoms with Crippen molar-refractivity contribution >= 4 is 11.5 Å². The number of benzene rings is 4. The number of carboxylic acid groups (broad SMARTS) is 1. The van der Waals surface area contributed by atoms with Crippen LogP contribution in [0.2, 0.25) is 0 Å². The van der Waals surface area contributed by atoms with E-state index in [-0.39, 0.29) is 12.4 Å². The number of halogens is 1. The summed E-state index contributed by atoms with van der Waals surface area (Å²) in [6.45, 7) is 7.74. The number of morpholine rings is 1. The fourth-order valence-electron chi connectivity index (χ4n) is 4.94. The standard InChI is InChI=1S/C38H36FNO5/c1-27-26-35(17-18-37(27)45-28(2)38(41)42)44-23-19-36(33-13-15-34(39)16-14-33)32-11-9-31(10-12-32)30-7-5-29(6-8-30)4-3-20-40-21-24-43-25-22-40/h5-19,26,28H,20-25H2,1-2H3,(H,41,42)/b36-19+. The van der Waals surface area contributed by atoms with Crippen LogP contribution in [0.3, 0.4) is 0 Å². The molecule has 0 saturated carbocycles. The van der Waals surface area contributed by atoms with Crippen molar-refractivity contribution in [3.8, 4) is 34.5 Å². The van der Waals surface area contributed by atoms with Crippen LogP contribution in [0.15, 0.2) is 97.1 Å². The van der Waals surface area contributed by atoms with E-state index in [0.717, 1.165) is 71.8 Å². The fourth-order valence-corrected chi connectivity index (χ4v) is 4.94. The second-order valence-electron chi connectivity index (χ2n) is 10.8. The predicted octanol–water partition coefficient (Wildman–Crippen LogP) is 6.85. The first-order valence-corrected chi connectivity index (χ1v) is 14.9. The first kappa shape index (κ1) is 31.5. The van der Waals surface area contributed by atoms with Crippen LogP contribution in [0.1, 0.15) is 29.2 Å². The van der Waals surface area contributed by atoms with Gasteiger partial charge >= 0.3 is 5.97 Å². The minimum absolute atomic E-state index is 0.271. The molecule has 1 N–H and O–H groups in total. The molecule has 0 aliphatic carbocycles. The molecule has 4 aromatic rings. The Morgan fingerprint density at radius 1 is 0.956 bits per heavy atom. The van der Waals surface area contributed by atoms with Crippen LogP contribution in [-0.4, -0.2) is 61.5 Å². The molecule has 230 valence electrons. The van der Waals surface area contributed by atoms with Gasteiger partial charge in [0.15, 0.2) is 6.10 Å². The van der Waals surface area contributed by atoms with E-state index in [1.54, 1.807) is 24.3 Å². The van der Waals surface area contributed by atoms with Gasteiger partial charge in [0.05, 0.1) is 19.8 Å². The minimum Gasteiger partial charge on any atom is -0.489 e. The molecule has 5 rings (SSSR count). The van der Waals surface area contributed by atoms with E-state index in [1.165, 1.54) is 19.1 Å². The zero-order chi connectivity index (χ0) is 31.6. The number of rotatable bonds is 10. The Hall–Kier alpha value is -4.90. The summed E-state index contributed by atoms with van der Waals surface area (Å²) in [6, 6.07) is 28.2. The highest BCUT2D eigenvalue weighted by molar-refractivity contribution is 5.81. The van der Waals surface area contributed by atoms with E-state index in [2.05, 4.69) is 53.1 Å². The van der Waals surface area contributed by atoms with Crippen molar-refractivity contribution in [1.29, 1.82) is 0 Å². The molecule has 6 nitrogen and oxygen atoms in total. The molecular formula is C38H36FNO5. The zero-order valence-corrected chi connectivity index (χ0v) is 25.5. The Labute approximate surface area is 263 Å². The van der Waals surface area contributed by atoms with Crippen LogP contribution in [0, 0.1) is 24.6 Å². The number of aryl methyl sites for hydroxylation is 1. The molecule has 0 spiro atoms. The summed E-state index contributed by atoms with van der Waals surface area (Å²) in [5.74, 6) is 6.32. The van der Waals surface area contributed by atoms with Crippen LogP contribution in [-0.2, 0) is 9.53 Å². The lowest BCUT2D eigenvalue weighted by Crippen LogP contribution is -2.36. The average molecular weight is 606 g/mol. The molecule has 0 amide bonds. The average Bonchev–Trinajstić information content (AvgIpc) is 3.06. The van der Waals surface area contributed by atoms with Gasteiger partial charge in [-0.3, -0.25) is 4.90 Å². The third-order valence-corrected chi connectivity index (χ3v) is 7.54. The van der Waals surface area contributed by atoms with Gasteiger partial charge in [0.2, 0.25) is 0 Å². The van der Waals surface area contributed by atoms with Gasteiger partial charge in [-0.2, -0.15) is 0 Å². The second kappa shape index (κ2) is 15.2. The van der Waals surface area contributed by atoms with Crippen molar-refractivity contribution in [1.82, 2.24) is 4.90 Å². The van der Waals surface area contributed by atoms with Crippen LogP contribution >= 0.6 is 0 Å². The highest BCUT2D eigenvalue weighted by atomic mass is 19.1. The Morgan fingerprint density at radius 2 is 1.58 bits per heavy atom. The smallest absolute Gasteiger partial charge is 0.344 e.